The van der Waals surface area contributed by atoms with Gasteiger partial charge in [0, 0.05) is 44.7 Å². The van der Waals surface area contributed by atoms with Gasteiger partial charge in [0.1, 0.15) is 23.0 Å². The van der Waals surface area contributed by atoms with Crippen LogP contribution in [0.15, 0.2) is 30.3 Å². The molecule has 194 valence electrons. The lowest BCUT2D eigenvalue weighted by Gasteiger charge is -2.32. The van der Waals surface area contributed by atoms with E-state index in [4.69, 9.17) is 16.7 Å². The van der Waals surface area contributed by atoms with Crippen LogP contribution in [0.1, 0.15) is 54.5 Å². The fourth-order valence-electron chi connectivity index (χ4n) is 5.87. The monoisotopic (exact) mass is 523 g/mol. The summed E-state index contributed by atoms with van der Waals surface area (Å²) in [5, 5.41) is 10.0. The molecule has 2 fully saturated rings. The van der Waals surface area contributed by atoms with Crippen molar-refractivity contribution in [3.8, 4) is 5.69 Å². The average Bonchev–Trinajstić information content (AvgIpc) is 3.62. The Kier molecular flexibility index (Phi) is 5.95. The van der Waals surface area contributed by atoms with Gasteiger partial charge in [-0.25, -0.2) is 9.37 Å². The first kappa shape index (κ1) is 24.3. The van der Waals surface area contributed by atoms with Crippen LogP contribution in [-0.2, 0) is 17.9 Å². The van der Waals surface area contributed by atoms with Gasteiger partial charge >= 0.3 is 0 Å². The van der Waals surface area contributed by atoms with Crippen LogP contribution in [0.2, 0.25) is 5.02 Å². The van der Waals surface area contributed by atoms with Crippen LogP contribution in [0.5, 0.6) is 0 Å². The Morgan fingerprint density at radius 3 is 2.54 bits per heavy atom. The lowest BCUT2D eigenvalue weighted by molar-refractivity contribution is -0.136. The molecule has 0 unspecified atom stereocenters. The fourth-order valence-corrected chi connectivity index (χ4v) is 6.06. The summed E-state index contributed by atoms with van der Waals surface area (Å²) in [6, 6.07) is 9.20. The highest BCUT2D eigenvalue weighted by molar-refractivity contribution is 6.30. The fraction of sp³-hybridized carbons (Fsp3) is 0.481. The van der Waals surface area contributed by atoms with Crippen molar-refractivity contribution in [3.63, 3.8) is 0 Å². The highest BCUT2D eigenvalue weighted by Crippen LogP contribution is 2.46. The minimum atomic E-state index is -0.490. The van der Waals surface area contributed by atoms with Gasteiger partial charge in [-0.3, -0.25) is 14.3 Å². The van der Waals surface area contributed by atoms with Gasteiger partial charge in [-0.05, 0) is 68.5 Å². The van der Waals surface area contributed by atoms with Gasteiger partial charge in [-0.15, -0.1) is 10.2 Å². The number of anilines is 1. The van der Waals surface area contributed by atoms with E-state index in [1.54, 1.807) is 17.9 Å². The van der Waals surface area contributed by atoms with Crippen molar-refractivity contribution in [1.82, 2.24) is 29.5 Å². The van der Waals surface area contributed by atoms with Gasteiger partial charge in [0.25, 0.3) is 0 Å². The largest absolute Gasteiger partial charge is 0.357 e. The third-order valence-corrected chi connectivity index (χ3v) is 8.29. The molecule has 1 amide bonds. The number of hydrogen-bond acceptors (Lipinski definition) is 6. The normalized spacial score (nSPS) is 19.2. The first-order valence-electron chi connectivity index (χ1n) is 12.8. The van der Waals surface area contributed by atoms with Crippen molar-refractivity contribution in [2.75, 3.05) is 32.1 Å². The quantitative estimate of drug-likeness (QED) is 0.513. The number of rotatable bonds is 4. The molecule has 3 aromatic rings. The van der Waals surface area contributed by atoms with Gasteiger partial charge in [-0.2, -0.15) is 0 Å². The van der Waals surface area contributed by atoms with Crippen LogP contribution in [0.3, 0.4) is 0 Å². The maximum Gasteiger partial charge on any atom is 0.242 e. The van der Waals surface area contributed by atoms with E-state index in [1.807, 2.05) is 32.3 Å². The highest BCUT2D eigenvalue weighted by Gasteiger charge is 2.56. The van der Waals surface area contributed by atoms with E-state index in [2.05, 4.69) is 24.4 Å². The Morgan fingerprint density at radius 2 is 1.86 bits per heavy atom. The van der Waals surface area contributed by atoms with Crippen LogP contribution in [0.25, 0.3) is 5.69 Å². The molecule has 2 aromatic heterocycles. The van der Waals surface area contributed by atoms with Crippen LogP contribution in [0, 0.1) is 12.7 Å². The van der Waals surface area contributed by atoms with Crippen molar-refractivity contribution in [2.45, 2.75) is 57.2 Å². The third kappa shape index (κ3) is 4.18. The van der Waals surface area contributed by atoms with Crippen LogP contribution >= 0.6 is 11.6 Å². The second kappa shape index (κ2) is 9.06. The molecule has 8 nitrogen and oxygen atoms in total. The van der Waals surface area contributed by atoms with E-state index in [9.17, 15) is 9.18 Å². The molecule has 0 N–H and O–H groups in total. The zero-order chi connectivity index (χ0) is 25.9. The van der Waals surface area contributed by atoms with Crippen molar-refractivity contribution in [2.24, 2.45) is 0 Å². The second-order valence-electron chi connectivity index (χ2n) is 10.7. The number of benzene rings is 1. The number of aromatic nitrogens is 4. The number of likely N-dealkylation sites (N-methyl/N-ethyl adjacent to an activating group) is 1. The lowest BCUT2D eigenvalue weighted by Crippen LogP contribution is -2.48. The predicted molar refractivity (Wildman–Crippen MR) is 139 cm³/mol. The number of aryl methyl sites for hydroxylation is 1. The number of pyridine rings is 1. The van der Waals surface area contributed by atoms with E-state index in [-0.39, 0.29) is 17.6 Å². The maximum atomic E-state index is 13.7. The van der Waals surface area contributed by atoms with E-state index in [0.717, 1.165) is 67.5 Å². The molecular weight excluding hydrogens is 493 g/mol. The molecule has 0 bridgehead atoms. The highest BCUT2D eigenvalue weighted by atomic mass is 35.5. The van der Waals surface area contributed by atoms with Crippen LogP contribution in [-0.4, -0.2) is 68.2 Å². The molecule has 1 saturated heterocycles. The van der Waals surface area contributed by atoms with Crippen LogP contribution < -0.4 is 4.90 Å². The number of amides is 1. The molecule has 3 aliphatic rings. The molecule has 0 radical (unpaired) electrons. The topological polar surface area (TPSA) is 70.4 Å². The average molecular weight is 524 g/mol. The molecule has 37 heavy (non-hydrogen) atoms. The van der Waals surface area contributed by atoms with Gasteiger partial charge in [0.05, 0.1) is 17.9 Å². The summed E-state index contributed by atoms with van der Waals surface area (Å²) in [6.07, 6.45) is 3.48. The summed E-state index contributed by atoms with van der Waals surface area (Å²) in [6.45, 7) is 4.50. The number of nitrogens with zero attached hydrogens (tertiary/aromatic N) is 7. The summed E-state index contributed by atoms with van der Waals surface area (Å²) in [4.78, 5) is 23.8. The maximum absolute atomic E-state index is 13.7. The number of halogens is 2. The summed E-state index contributed by atoms with van der Waals surface area (Å²) in [5.41, 5.74) is 2.04. The van der Waals surface area contributed by atoms with Crippen molar-refractivity contribution >= 4 is 23.3 Å². The third-order valence-electron chi connectivity index (χ3n) is 8.05. The Bertz CT molecular complexity index is 1360. The molecule has 6 rings (SSSR count). The summed E-state index contributed by atoms with van der Waals surface area (Å²) < 4.78 is 15.9. The summed E-state index contributed by atoms with van der Waals surface area (Å²) >= 11 is 6.44. The van der Waals surface area contributed by atoms with Gasteiger partial charge in [0.2, 0.25) is 5.91 Å². The zero-order valence-electron chi connectivity index (χ0n) is 21.4. The number of carbonyl (C=O) groups excluding carboxylic acids is 1. The van der Waals surface area contributed by atoms with E-state index >= 15 is 0 Å². The minimum Gasteiger partial charge on any atom is -0.357 e. The molecule has 1 aromatic carbocycles. The molecular formula is C27H31ClFN7O. The smallest absolute Gasteiger partial charge is 0.242 e. The second-order valence-corrected chi connectivity index (χ2v) is 11.1. The first-order chi connectivity index (χ1) is 17.8. The molecule has 10 heteroatoms. The molecule has 2 aliphatic heterocycles. The molecule has 0 atom stereocenters. The van der Waals surface area contributed by atoms with Gasteiger partial charge < -0.3 is 9.80 Å². The standard InChI is InChI=1S/C27H31ClFN7O/c1-17-21(29)5-7-23(30-17)34-12-8-18(9-13-34)25-32-31-24-16-35(27(10-11-27)26(37)33(2)3)15-19-14-20(28)4-6-22(19)36(24)25/h4-7,14,18H,8-13,15-16H2,1-3H3. The SMILES string of the molecule is Cc1nc(N2CCC(c3nnc4n3-c3ccc(Cl)cc3CN(C3(C(=O)N(C)C)CC3)C4)CC2)ccc1F. The molecule has 0 spiro atoms. The van der Waals surface area contributed by atoms with Crippen molar-refractivity contribution < 1.29 is 9.18 Å². The number of carbonyl (C=O) groups is 1. The van der Waals surface area contributed by atoms with Crippen molar-refractivity contribution in [3.05, 3.63) is 64.1 Å². The Balaban J connectivity index is 1.31. The minimum absolute atomic E-state index is 0.140. The van der Waals surface area contributed by atoms with E-state index in [1.165, 1.54) is 6.07 Å². The van der Waals surface area contributed by atoms with Crippen LogP contribution in [0.4, 0.5) is 10.2 Å². The van der Waals surface area contributed by atoms with Gasteiger partial charge in [-0.1, -0.05) is 11.6 Å². The number of piperidine rings is 1. The van der Waals surface area contributed by atoms with E-state index < -0.39 is 5.54 Å². The Morgan fingerprint density at radius 1 is 1.11 bits per heavy atom. The summed E-state index contributed by atoms with van der Waals surface area (Å²) in [5.74, 6) is 2.71. The predicted octanol–water partition coefficient (Wildman–Crippen LogP) is 4.08. The summed E-state index contributed by atoms with van der Waals surface area (Å²) in [7, 11) is 3.64. The zero-order valence-corrected chi connectivity index (χ0v) is 22.2. The number of fused-ring (bicyclic) bond motifs is 3. The molecule has 1 saturated carbocycles. The Hall–Kier alpha value is -3.04. The van der Waals surface area contributed by atoms with E-state index in [0.29, 0.717) is 23.8 Å². The molecule has 1 aliphatic carbocycles. The lowest BCUT2D eigenvalue weighted by atomic mass is 9.95. The van der Waals surface area contributed by atoms with Crippen molar-refractivity contribution in [1.29, 1.82) is 0 Å². The van der Waals surface area contributed by atoms with Gasteiger partial charge in [0.15, 0.2) is 5.82 Å². The first-order valence-corrected chi connectivity index (χ1v) is 13.2. The Labute approximate surface area is 221 Å². The molecule has 4 heterocycles. The number of hydrogen-bond donors (Lipinski definition) is 0.